The quantitative estimate of drug-likeness (QED) is 0.613. The van der Waals surface area contributed by atoms with E-state index in [0.717, 1.165) is 5.69 Å². The van der Waals surface area contributed by atoms with Crippen molar-refractivity contribution in [2.24, 2.45) is 0 Å². The highest BCUT2D eigenvalue weighted by molar-refractivity contribution is 6.05. The maximum atomic E-state index is 12.8. The number of esters is 1. The third kappa shape index (κ3) is 4.76. The molecule has 0 fully saturated rings. The molecule has 29 heavy (non-hydrogen) atoms. The van der Waals surface area contributed by atoms with Gasteiger partial charge in [-0.3, -0.25) is 4.79 Å². The minimum absolute atomic E-state index is 0.183. The van der Waals surface area contributed by atoms with Crippen LogP contribution in [0.5, 0.6) is 0 Å². The zero-order valence-electron chi connectivity index (χ0n) is 16.3. The van der Waals surface area contributed by atoms with Crippen LogP contribution < -0.4 is 10.2 Å². The van der Waals surface area contributed by atoms with Gasteiger partial charge in [-0.15, -0.1) is 0 Å². The van der Waals surface area contributed by atoms with Crippen molar-refractivity contribution in [3.63, 3.8) is 0 Å². The van der Waals surface area contributed by atoms with Crippen molar-refractivity contribution in [3.8, 4) is 0 Å². The molecule has 0 aliphatic carbocycles. The second-order valence-corrected chi connectivity index (χ2v) is 6.07. The summed E-state index contributed by atoms with van der Waals surface area (Å²) in [5.41, 5.74) is 2.11. The Hall–Kier alpha value is -3.74. The van der Waals surface area contributed by atoms with Crippen LogP contribution in [0.1, 0.15) is 34.6 Å². The summed E-state index contributed by atoms with van der Waals surface area (Å²) in [6, 6.07) is 16.4. The molecule has 7 nitrogen and oxygen atoms in total. The predicted molar refractivity (Wildman–Crippen MR) is 112 cm³/mol. The Labute approximate surface area is 169 Å². The van der Waals surface area contributed by atoms with Gasteiger partial charge >= 0.3 is 5.97 Å². The SMILES string of the molecule is CCOC(=O)c1ccccc1Nc1ncc(C(=O)N(CC)c2ccccc2)cn1. The molecule has 0 aliphatic heterocycles. The van der Waals surface area contributed by atoms with E-state index < -0.39 is 5.97 Å². The van der Waals surface area contributed by atoms with Crippen LogP contribution in [0, 0.1) is 0 Å². The monoisotopic (exact) mass is 390 g/mol. The number of hydrogen-bond acceptors (Lipinski definition) is 6. The van der Waals surface area contributed by atoms with Crippen molar-refractivity contribution in [1.29, 1.82) is 0 Å². The van der Waals surface area contributed by atoms with Crippen molar-refractivity contribution in [2.75, 3.05) is 23.4 Å². The Morgan fingerprint density at radius 3 is 2.28 bits per heavy atom. The van der Waals surface area contributed by atoms with Gasteiger partial charge in [0.05, 0.1) is 23.4 Å². The number of hydrogen-bond donors (Lipinski definition) is 1. The standard InChI is InChI=1S/C22H22N4O3/c1-3-26(17-10-6-5-7-11-17)20(27)16-14-23-22(24-15-16)25-19-13-9-8-12-18(19)21(28)29-4-2/h5-15H,3-4H2,1-2H3,(H,23,24,25). The number of carbonyl (C=O) groups excluding carboxylic acids is 2. The lowest BCUT2D eigenvalue weighted by molar-refractivity contribution is 0.0527. The molecule has 148 valence electrons. The van der Waals surface area contributed by atoms with E-state index in [1.807, 2.05) is 37.3 Å². The summed E-state index contributed by atoms with van der Waals surface area (Å²) in [6.07, 6.45) is 2.94. The number of anilines is 3. The Morgan fingerprint density at radius 1 is 0.966 bits per heavy atom. The van der Waals surface area contributed by atoms with Gasteiger partial charge in [-0.1, -0.05) is 30.3 Å². The first-order valence-corrected chi connectivity index (χ1v) is 9.36. The number of para-hydroxylation sites is 2. The van der Waals surface area contributed by atoms with E-state index in [0.29, 0.717) is 23.4 Å². The molecule has 1 N–H and O–H groups in total. The number of ether oxygens (including phenoxy) is 1. The molecule has 2 aromatic carbocycles. The van der Waals surface area contributed by atoms with Gasteiger partial charge in [-0.2, -0.15) is 0 Å². The lowest BCUT2D eigenvalue weighted by atomic mass is 10.2. The summed E-state index contributed by atoms with van der Waals surface area (Å²) in [6.45, 7) is 4.47. The van der Waals surface area contributed by atoms with Gasteiger partial charge in [-0.25, -0.2) is 14.8 Å². The molecular formula is C22H22N4O3. The van der Waals surface area contributed by atoms with Gasteiger partial charge in [0, 0.05) is 24.6 Å². The van der Waals surface area contributed by atoms with E-state index in [-0.39, 0.29) is 18.5 Å². The molecule has 0 saturated carbocycles. The maximum Gasteiger partial charge on any atom is 0.340 e. The van der Waals surface area contributed by atoms with Gasteiger partial charge < -0.3 is 15.0 Å². The highest BCUT2D eigenvalue weighted by Crippen LogP contribution is 2.20. The summed E-state index contributed by atoms with van der Waals surface area (Å²) in [5.74, 6) is -0.331. The molecule has 0 spiro atoms. The van der Waals surface area contributed by atoms with E-state index in [9.17, 15) is 9.59 Å². The summed E-state index contributed by atoms with van der Waals surface area (Å²) in [5, 5.41) is 3.00. The fourth-order valence-electron chi connectivity index (χ4n) is 2.81. The van der Waals surface area contributed by atoms with Crippen molar-refractivity contribution in [2.45, 2.75) is 13.8 Å². The fourth-order valence-corrected chi connectivity index (χ4v) is 2.81. The average molecular weight is 390 g/mol. The van der Waals surface area contributed by atoms with Crippen LogP contribution >= 0.6 is 0 Å². The Bertz CT molecular complexity index is 975. The highest BCUT2D eigenvalue weighted by Gasteiger charge is 2.17. The van der Waals surface area contributed by atoms with Gasteiger partial charge in [0.15, 0.2) is 0 Å². The Balaban J connectivity index is 1.77. The first kappa shape index (κ1) is 20.0. The van der Waals surface area contributed by atoms with E-state index >= 15 is 0 Å². The summed E-state index contributed by atoms with van der Waals surface area (Å²) in [4.78, 5) is 35.0. The number of amides is 1. The molecule has 1 aromatic heterocycles. The van der Waals surface area contributed by atoms with Gasteiger partial charge in [0.2, 0.25) is 5.95 Å². The zero-order valence-corrected chi connectivity index (χ0v) is 16.3. The van der Waals surface area contributed by atoms with Crippen LogP contribution in [0.15, 0.2) is 67.0 Å². The molecule has 3 rings (SSSR count). The minimum Gasteiger partial charge on any atom is -0.462 e. The Morgan fingerprint density at radius 2 is 1.62 bits per heavy atom. The molecule has 0 radical (unpaired) electrons. The van der Waals surface area contributed by atoms with Crippen LogP contribution in [0.2, 0.25) is 0 Å². The Kier molecular flexibility index (Phi) is 6.52. The van der Waals surface area contributed by atoms with E-state index in [4.69, 9.17) is 4.74 Å². The molecule has 1 amide bonds. The van der Waals surface area contributed by atoms with Crippen LogP contribution in [-0.4, -0.2) is 35.0 Å². The molecule has 0 atom stereocenters. The van der Waals surface area contributed by atoms with Crippen molar-refractivity contribution in [1.82, 2.24) is 9.97 Å². The van der Waals surface area contributed by atoms with Gasteiger partial charge in [-0.05, 0) is 38.1 Å². The van der Waals surface area contributed by atoms with Crippen LogP contribution in [0.25, 0.3) is 0 Å². The lowest BCUT2D eigenvalue weighted by Crippen LogP contribution is -2.30. The summed E-state index contributed by atoms with van der Waals surface area (Å²) < 4.78 is 5.07. The minimum atomic E-state index is -0.427. The molecule has 0 aliphatic rings. The smallest absolute Gasteiger partial charge is 0.340 e. The molecule has 0 bridgehead atoms. The first-order valence-electron chi connectivity index (χ1n) is 9.36. The van der Waals surface area contributed by atoms with E-state index in [1.54, 1.807) is 36.1 Å². The van der Waals surface area contributed by atoms with Crippen molar-refractivity contribution >= 4 is 29.2 Å². The zero-order chi connectivity index (χ0) is 20.6. The van der Waals surface area contributed by atoms with E-state index in [1.165, 1.54) is 12.4 Å². The normalized spacial score (nSPS) is 10.3. The molecule has 0 saturated heterocycles. The number of carbonyl (C=O) groups is 2. The second-order valence-electron chi connectivity index (χ2n) is 6.07. The van der Waals surface area contributed by atoms with Crippen LogP contribution in [0.3, 0.4) is 0 Å². The number of benzene rings is 2. The summed E-state index contributed by atoms with van der Waals surface area (Å²) in [7, 11) is 0. The van der Waals surface area contributed by atoms with Crippen molar-refractivity contribution < 1.29 is 14.3 Å². The fraction of sp³-hybridized carbons (Fsp3) is 0.182. The molecule has 1 heterocycles. The third-order valence-electron chi connectivity index (χ3n) is 4.20. The number of aromatic nitrogens is 2. The van der Waals surface area contributed by atoms with Crippen molar-refractivity contribution in [3.05, 3.63) is 78.1 Å². The van der Waals surface area contributed by atoms with Gasteiger partial charge in [0.25, 0.3) is 5.91 Å². The van der Waals surface area contributed by atoms with Gasteiger partial charge in [0.1, 0.15) is 0 Å². The topological polar surface area (TPSA) is 84.4 Å². The number of nitrogens with one attached hydrogen (secondary N) is 1. The molecule has 7 heteroatoms. The molecular weight excluding hydrogens is 368 g/mol. The second kappa shape index (κ2) is 9.45. The number of nitrogens with zero attached hydrogens (tertiary/aromatic N) is 3. The van der Waals surface area contributed by atoms with Crippen LogP contribution in [0.4, 0.5) is 17.3 Å². The first-order chi connectivity index (χ1) is 14.1. The third-order valence-corrected chi connectivity index (χ3v) is 4.20. The maximum absolute atomic E-state index is 12.8. The summed E-state index contributed by atoms with van der Waals surface area (Å²) >= 11 is 0. The average Bonchev–Trinajstić information content (AvgIpc) is 2.76. The highest BCUT2D eigenvalue weighted by atomic mass is 16.5. The molecule has 0 unspecified atom stereocenters. The number of rotatable bonds is 7. The van der Waals surface area contributed by atoms with Crippen LogP contribution in [-0.2, 0) is 4.74 Å². The lowest BCUT2D eigenvalue weighted by Gasteiger charge is -2.20. The molecule has 3 aromatic rings. The largest absolute Gasteiger partial charge is 0.462 e. The predicted octanol–water partition coefficient (Wildman–Crippen LogP) is 4.06. The van der Waals surface area contributed by atoms with E-state index in [2.05, 4.69) is 15.3 Å².